The summed E-state index contributed by atoms with van der Waals surface area (Å²) in [6.07, 6.45) is 0. The third kappa shape index (κ3) is 4.99. The number of hydrogen-bond acceptors (Lipinski definition) is 5. The van der Waals surface area contributed by atoms with Crippen LogP contribution in [-0.4, -0.2) is 42.1 Å². The maximum Gasteiger partial charge on any atom is 0.224 e. The van der Waals surface area contributed by atoms with Crippen molar-refractivity contribution in [2.75, 3.05) is 37.8 Å². The molecule has 0 radical (unpaired) electrons. The molecule has 112 valence electrons. The molecule has 0 aliphatic carbocycles. The average molecular weight is 350 g/mol. The molecule has 0 fully saturated rings. The van der Waals surface area contributed by atoms with Crippen LogP contribution in [0.25, 0.3) is 0 Å². The van der Waals surface area contributed by atoms with E-state index in [-0.39, 0.29) is 0 Å². The fourth-order valence-electron chi connectivity index (χ4n) is 1.80. The molecule has 2 rings (SSSR count). The minimum absolute atomic E-state index is 0.645. The number of nitrogens with one attached hydrogen (secondary N) is 2. The number of aromatic nitrogens is 2. The van der Waals surface area contributed by atoms with Crippen molar-refractivity contribution in [3.63, 3.8) is 0 Å². The third-order valence-electron chi connectivity index (χ3n) is 2.83. The predicted octanol–water partition coefficient (Wildman–Crippen LogP) is 3.26. The first-order valence-electron chi connectivity index (χ1n) is 6.80. The maximum atomic E-state index is 4.49. The lowest BCUT2D eigenvalue weighted by Crippen LogP contribution is -2.21. The van der Waals surface area contributed by atoms with Crippen molar-refractivity contribution in [2.45, 2.75) is 6.92 Å². The highest BCUT2D eigenvalue weighted by molar-refractivity contribution is 9.10. The van der Waals surface area contributed by atoms with Gasteiger partial charge in [0.15, 0.2) is 0 Å². The Balaban J connectivity index is 2.10. The topological polar surface area (TPSA) is 53.1 Å². The van der Waals surface area contributed by atoms with Gasteiger partial charge in [0.1, 0.15) is 5.82 Å². The summed E-state index contributed by atoms with van der Waals surface area (Å²) in [4.78, 5) is 11.0. The highest BCUT2D eigenvalue weighted by Gasteiger charge is 2.04. The molecule has 0 unspecified atom stereocenters. The summed E-state index contributed by atoms with van der Waals surface area (Å²) in [5.41, 5.74) is 1.90. The quantitative estimate of drug-likeness (QED) is 0.838. The number of halogens is 1. The second-order valence-electron chi connectivity index (χ2n) is 5.05. The van der Waals surface area contributed by atoms with Crippen LogP contribution in [0.2, 0.25) is 0 Å². The van der Waals surface area contributed by atoms with E-state index < -0.39 is 0 Å². The first kappa shape index (κ1) is 15.7. The van der Waals surface area contributed by atoms with E-state index in [9.17, 15) is 0 Å². The third-order valence-corrected chi connectivity index (χ3v) is 3.52. The minimum atomic E-state index is 0.645. The molecule has 0 spiro atoms. The molecule has 0 aliphatic rings. The number of nitrogens with zero attached hydrogens (tertiary/aromatic N) is 3. The molecule has 1 aromatic heterocycles. The zero-order valence-corrected chi connectivity index (χ0v) is 14.1. The Morgan fingerprint density at radius 1 is 1.19 bits per heavy atom. The van der Waals surface area contributed by atoms with Crippen molar-refractivity contribution >= 4 is 33.4 Å². The van der Waals surface area contributed by atoms with E-state index in [1.165, 1.54) is 0 Å². The molecule has 5 nitrogen and oxygen atoms in total. The fraction of sp³-hybridized carbons (Fsp3) is 0.333. The van der Waals surface area contributed by atoms with Gasteiger partial charge in [-0.15, -0.1) is 0 Å². The Hall–Kier alpha value is -1.66. The van der Waals surface area contributed by atoms with E-state index in [0.717, 1.165) is 34.8 Å². The average Bonchev–Trinajstić information content (AvgIpc) is 2.40. The van der Waals surface area contributed by atoms with Gasteiger partial charge in [-0.05, 0) is 49.1 Å². The van der Waals surface area contributed by atoms with Crippen LogP contribution in [0.3, 0.4) is 0 Å². The fourth-order valence-corrected chi connectivity index (χ4v) is 2.19. The molecular formula is C15H20BrN5. The highest BCUT2D eigenvalue weighted by Crippen LogP contribution is 2.25. The van der Waals surface area contributed by atoms with Crippen LogP contribution in [0, 0.1) is 6.92 Å². The summed E-state index contributed by atoms with van der Waals surface area (Å²) in [6.45, 7) is 3.71. The molecular weight excluding hydrogens is 330 g/mol. The molecule has 21 heavy (non-hydrogen) atoms. The molecule has 0 bridgehead atoms. The van der Waals surface area contributed by atoms with Crippen molar-refractivity contribution in [1.82, 2.24) is 14.9 Å². The van der Waals surface area contributed by atoms with Gasteiger partial charge in [0.05, 0.1) is 5.69 Å². The molecule has 2 aromatic rings. The van der Waals surface area contributed by atoms with Gasteiger partial charge >= 0.3 is 0 Å². The van der Waals surface area contributed by atoms with E-state index in [0.29, 0.717) is 5.95 Å². The van der Waals surface area contributed by atoms with Crippen LogP contribution in [0.15, 0.2) is 34.8 Å². The van der Waals surface area contributed by atoms with Crippen LogP contribution >= 0.6 is 15.9 Å². The summed E-state index contributed by atoms with van der Waals surface area (Å²) >= 11 is 3.52. The van der Waals surface area contributed by atoms with Crippen molar-refractivity contribution in [3.05, 3.63) is 40.5 Å². The van der Waals surface area contributed by atoms with Crippen molar-refractivity contribution in [2.24, 2.45) is 0 Å². The molecule has 2 N–H and O–H groups in total. The molecule has 0 atom stereocenters. The van der Waals surface area contributed by atoms with Crippen LogP contribution in [0.4, 0.5) is 17.5 Å². The number of benzene rings is 1. The van der Waals surface area contributed by atoms with Gasteiger partial charge in [0.2, 0.25) is 5.95 Å². The molecule has 0 saturated heterocycles. The number of para-hydroxylation sites is 1. The Morgan fingerprint density at radius 2 is 1.95 bits per heavy atom. The van der Waals surface area contributed by atoms with Crippen molar-refractivity contribution in [1.29, 1.82) is 0 Å². The minimum Gasteiger partial charge on any atom is -0.353 e. The second kappa shape index (κ2) is 7.38. The van der Waals surface area contributed by atoms with Gasteiger partial charge in [-0.2, -0.15) is 4.98 Å². The smallest absolute Gasteiger partial charge is 0.224 e. The lowest BCUT2D eigenvalue weighted by atomic mass is 10.3. The molecule has 1 aromatic carbocycles. The van der Waals surface area contributed by atoms with Gasteiger partial charge in [0, 0.05) is 29.3 Å². The molecule has 0 amide bonds. The largest absolute Gasteiger partial charge is 0.353 e. The first-order valence-corrected chi connectivity index (χ1v) is 7.60. The van der Waals surface area contributed by atoms with E-state index in [1.54, 1.807) is 0 Å². The van der Waals surface area contributed by atoms with E-state index >= 15 is 0 Å². The van der Waals surface area contributed by atoms with Gasteiger partial charge < -0.3 is 15.5 Å². The molecule has 0 saturated carbocycles. The normalized spacial score (nSPS) is 10.7. The lowest BCUT2D eigenvalue weighted by Gasteiger charge is -2.12. The zero-order valence-electron chi connectivity index (χ0n) is 12.5. The molecule has 6 heteroatoms. The first-order chi connectivity index (χ1) is 10.0. The Kier molecular flexibility index (Phi) is 5.52. The van der Waals surface area contributed by atoms with Crippen molar-refractivity contribution in [3.8, 4) is 0 Å². The second-order valence-corrected chi connectivity index (χ2v) is 5.91. The summed E-state index contributed by atoms with van der Waals surface area (Å²) in [6, 6.07) is 9.88. The molecule has 1 heterocycles. The number of likely N-dealkylation sites (N-methyl/N-ethyl adjacent to an activating group) is 1. The van der Waals surface area contributed by atoms with Gasteiger partial charge in [-0.25, -0.2) is 4.98 Å². The number of anilines is 3. The number of rotatable bonds is 6. The maximum absolute atomic E-state index is 4.49. The summed E-state index contributed by atoms with van der Waals surface area (Å²) in [7, 11) is 4.08. The Labute approximate surface area is 133 Å². The van der Waals surface area contributed by atoms with Gasteiger partial charge in [0.25, 0.3) is 0 Å². The number of aryl methyl sites for hydroxylation is 1. The molecule has 0 aliphatic heterocycles. The number of hydrogen-bond donors (Lipinski definition) is 2. The van der Waals surface area contributed by atoms with E-state index in [2.05, 4.69) is 41.4 Å². The van der Waals surface area contributed by atoms with E-state index in [4.69, 9.17) is 0 Å². The zero-order chi connectivity index (χ0) is 15.2. The van der Waals surface area contributed by atoms with Gasteiger partial charge in [-0.3, -0.25) is 0 Å². The SMILES string of the molecule is Cc1cc(Nc2ccccc2Br)nc(NCCN(C)C)n1. The van der Waals surface area contributed by atoms with Gasteiger partial charge in [-0.1, -0.05) is 12.1 Å². The summed E-state index contributed by atoms with van der Waals surface area (Å²) < 4.78 is 1.00. The van der Waals surface area contributed by atoms with E-state index in [1.807, 2.05) is 51.4 Å². The Morgan fingerprint density at radius 3 is 2.67 bits per heavy atom. The van der Waals surface area contributed by atoms with Crippen LogP contribution < -0.4 is 10.6 Å². The summed E-state index contributed by atoms with van der Waals surface area (Å²) in [5, 5.41) is 6.55. The lowest BCUT2D eigenvalue weighted by molar-refractivity contribution is 0.425. The van der Waals surface area contributed by atoms with Crippen LogP contribution in [0.1, 0.15) is 5.69 Å². The van der Waals surface area contributed by atoms with Crippen molar-refractivity contribution < 1.29 is 0 Å². The summed E-state index contributed by atoms with van der Waals surface area (Å²) in [5.74, 6) is 1.42. The highest BCUT2D eigenvalue weighted by atomic mass is 79.9. The Bertz CT molecular complexity index is 600. The standard InChI is InChI=1S/C15H20BrN5/c1-11-10-14(19-13-7-5-4-6-12(13)16)20-15(18-11)17-8-9-21(2)3/h4-7,10H,8-9H2,1-3H3,(H2,17,18,19,20). The van der Waals surface area contributed by atoms with Crippen LogP contribution in [-0.2, 0) is 0 Å². The predicted molar refractivity (Wildman–Crippen MR) is 91.2 cm³/mol. The van der Waals surface area contributed by atoms with Crippen LogP contribution in [0.5, 0.6) is 0 Å². The monoisotopic (exact) mass is 349 g/mol.